The number of hydrogen-bond acceptors (Lipinski definition) is 5. The SMILES string of the molecule is O=S(=O)(O)OB(O)O.[H-].[H-].[K+].[Na+]. The molecule has 0 aliphatic rings. The zero-order valence-electron chi connectivity index (χ0n) is 7.55. The van der Waals surface area contributed by atoms with Gasteiger partial charge in [0.2, 0.25) is 0 Å². The van der Waals surface area contributed by atoms with Crippen molar-refractivity contribution >= 4 is 17.7 Å². The topological polar surface area (TPSA) is 104 Å². The van der Waals surface area contributed by atoms with Crippen molar-refractivity contribution < 1.29 is 111 Å². The normalized spacial score (nSPS) is 9.10. The van der Waals surface area contributed by atoms with Gasteiger partial charge in [0, 0.05) is 0 Å². The second kappa shape index (κ2) is 8.11. The molecule has 0 radical (unpaired) electrons. The molecule has 0 saturated carbocycles. The molecule has 0 amide bonds. The van der Waals surface area contributed by atoms with Gasteiger partial charge in [0.1, 0.15) is 0 Å². The summed E-state index contributed by atoms with van der Waals surface area (Å²) >= 11 is 0. The van der Waals surface area contributed by atoms with Gasteiger partial charge in [-0.3, -0.25) is 4.55 Å². The maximum absolute atomic E-state index is 9.46. The second-order valence-electron chi connectivity index (χ2n) is 0.850. The summed E-state index contributed by atoms with van der Waals surface area (Å²) in [6, 6.07) is 0. The molecule has 52 valence electrons. The van der Waals surface area contributed by atoms with E-state index in [0.717, 1.165) is 0 Å². The van der Waals surface area contributed by atoms with Crippen LogP contribution in [0.2, 0.25) is 0 Å². The summed E-state index contributed by atoms with van der Waals surface area (Å²) in [7, 11) is -7.22. The maximum atomic E-state index is 9.46. The third-order valence-corrected chi connectivity index (χ3v) is 0.623. The van der Waals surface area contributed by atoms with Crippen LogP contribution in [0.5, 0.6) is 0 Å². The van der Waals surface area contributed by atoms with Gasteiger partial charge in [0.05, 0.1) is 0 Å². The van der Waals surface area contributed by atoms with E-state index in [1.165, 1.54) is 0 Å². The predicted octanol–water partition coefficient (Wildman–Crippen LogP) is -7.99. The summed E-state index contributed by atoms with van der Waals surface area (Å²) < 4.78 is 29.6. The minimum absolute atomic E-state index is 0. The molecule has 0 fully saturated rings. The monoisotopic (exact) mass is 206 g/mol. The molecular formula is H5BKNaO6S. The largest absolute Gasteiger partial charge is 1.00 e. The van der Waals surface area contributed by atoms with Crippen molar-refractivity contribution in [3.63, 3.8) is 0 Å². The fourth-order valence-electron chi connectivity index (χ4n) is 0.109. The van der Waals surface area contributed by atoms with Gasteiger partial charge < -0.3 is 12.9 Å². The molecule has 0 aromatic rings. The Hall–Kier alpha value is 2.49. The molecular weight excluding hydrogens is 201 g/mol. The predicted molar refractivity (Wildman–Crippen MR) is 25.0 cm³/mol. The van der Waals surface area contributed by atoms with Crippen molar-refractivity contribution in [2.24, 2.45) is 0 Å². The average Bonchev–Trinajstić information content (AvgIpc) is 1.21. The molecule has 3 N–H and O–H groups in total. The summed E-state index contributed by atoms with van der Waals surface area (Å²) in [6.45, 7) is 0. The summed E-state index contributed by atoms with van der Waals surface area (Å²) in [5.41, 5.74) is 0. The van der Waals surface area contributed by atoms with Crippen LogP contribution >= 0.6 is 0 Å². The van der Waals surface area contributed by atoms with Crippen molar-refractivity contribution in [2.45, 2.75) is 0 Å². The van der Waals surface area contributed by atoms with E-state index >= 15 is 0 Å². The summed E-state index contributed by atoms with van der Waals surface area (Å²) in [6.07, 6.45) is 0. The summed E-state index contributed by atoms with van der Waals surface area (Å²) in [4.78, 5) is 0. The van der Waals surface area contributed by atoms with E-state index in [1.807, 2.05) is 0 Å². The summed E-state index contributed by atoms with van der Waals surface area (Å²) in [5.74, 6) is 0. The second-order valence-corrected chi connectivity index (χ2v) is 1.90. The fraction of sp³-hybridized carbons (Fsp3) is 0. The Morgan fingerprint density at radius 2 is 1.70 bits per heavy atom. The Morgan fingerprint density at radius 3 is 1.70 bits per heavy atom. The first-order chi connectivity index (χ1) is 3.42. The number of hydrogen-bond donors (Lipinski definition) is 3. The molecule has 0 aromatic carbocycles. The first kappa shape index (κ1) is 18.3. The standard InChI is InChI=1S/BH3O6S.K.Na.2H/c2-1(3)7-8(4,5)6;;;;/h2-3H,(H,4,5,6);;;;/q;2*+1;2*-1. The Kier molecular flexibility index (Phi) is 14.8. The average molecular weight is 206 g/mol. The molecule has 0 bridgehead atoms. The molecule has 0 aliphatic heterocycles. The van der Waals surface area contributed by atoms with Crippen LogP contribution in [-0.4, -0.2) is 30.3 Å². The van der Waals surface area contributed by atoms with Crippen LogP contribution in [0.4, 0.5) is 0 Å². The molecule has 0 rings (SSSR count). The van der Waals surface area contributed by atoms with Gasteiger partial charge in [-0.05, 0) is 0 Å². The first-order valence-corrected chi connectivity index (χ1v) is 2.80. The zero-order chi connectivity index (χ0) is 6.78. The molecule has 0 atom stereocenters. The van der Waals surface area contributed by atoms with Crippen molar-refractivity contribution in [1.29, 1.82) is 0 Å². The van der Waals surface area contributed by atoms with E-state index in [1.54, 1.807) is 0 Å². The smallest absolute Gasteiger partial charge is 1.00 e. The van der Waals surface area contributed by atoms with E-state index in [9.17, 15) is 8.42 Å². The minimum atomic E-state index is -4.72. The molecule has 6 nitrogen and oxygen atoms in total. The van der Waals surface area contributed by atoms with Gasteiger partial charge in [0.25, 0.3) is 0 Å². The van der Waals surface area contributed by atoms with Gasteiger partial charge >= 0.3 is 98.7 Å². The van der Waals surface area contributed by atoms with Crippen molar-refractivity contribution in [3.05, 3.63) is 0 Å². The van der Waals surface area contributed by atoms with Crippen molar-refractivity contribution in [1.82, 2.24) is 0 Å². The summed E-state index contributed by atoms with van der Waals surface area (Å²) in [5, 5.41) is 15.4. The van der Waals surface area contributed by atoms with Gasteiger partial charge in [0.15, 0.2) is 0 Å². The molecule has 0 unspecified atom stereocenters. The van der Waals surface area contributed by atoms with Crippen molar-refractivity contribution in [3.8, 4) is 0 Å². The quantitative estimate of drug-likeness (QED) is 0.306. The molecule has 0 aromatic heterocycles. The fourth-order valence-corrected chi connectivity index (χ4v) is 0.326. The van der Waals surface area contributed by atoms with Crippen LogP contribution in [0.15, 0.2) is 0 Å². The van der Waals surface area contributed by atoms with E-state index in [2.05, 4.69) is 4.10 Å². The Labute approximate surface area is 126 Å². The van der Waals surface area contributed by atoms with Crippen LogP contribution < -0.4 is 80.9 Å². The third kappa shape index (κ3) is 16.8. The van der Waals surface area contributed by atoms with E-state index < -0.39 is 17.7 Å². The Bertz CT molecular complexity index is 159. The molecule has 10 heavy (non-hydrogen) atoms. The Balaban J connectivity index is -0.0000000408. The van der Waals surface area contributed by atoms with Crippen LogP contribution in [-0.2, 0) is 14.5 Å². The molecule has 10 heteroatoms. The van der Waals surface area contributed by atoms with Gasteiger partial charge in [-0.1, -0.05) is 0 Å². The molecule has 0 heterocycles. The minimum Gasteiger partial charge on any atom is -1.00 e. The van der Waals surface area contributed by atoms with Gasteiger partial charge in [-0.15, -0.1) is 0 Å². The number of rotatable bonds is 2. The van der Waals surface area contributed by atoms with Crippen LogP contribution in [0.1, 0.15) is 2.85 Å². The van der Waals surface area contributed by atoms with Gasteiger partial charge in [-0.25, -0.2) is 4.10 Å². The van der Waals surface area contributed by atoms with Crippen LogP contribution in [0, 0.1) is 0 Å². The Morgan fingerprint density at radius 1 is 1.40 bits per heavy atom. The maximum Gasteiger partial charge on any atom is 1.00 e. The van der Waals surface area contributed by atoms with E-state index in [-0.39, 0.29) is 83.8 Å². The van der Waals surface area contributed by atoms with Crippen LogP contribution in [0.25, 0.3) is 0 Å². The molecule has 0 saturated heterocycles. The zero-order valence-corrected chi connectivity index (χ0v) is 11.5. The first-order valence-electron chi connectivity index (χ1n) is 1.43. The molecule has 0 spiro atoms. The third-order valence-electron chi connectivity index (χ3n) is 0.208. The molecule has 0 aliphatic carbocycles. The van der Waals surface area contributed by atoms with E-state index in [0.29, 0.717) is 0 Å². The van der Waals surface area contributed by atoms with Gasteiger partial charge in [-0.2, -0.15) is 8.42 Å². The van der Waals surface area contributed by atoms with Crippen molar-refractivity contribution in [2.75, 3.05) is 0 Å². The van der Waals surface area contributed by atoms with Crippen LogP contribution in [0.3, 0.4) is 0 Å². The van der Waals surface area contributed by atoms with E-state index in [4.69, 9.17) is 14.6 Å².